The normalized spacial score (nSPS) is 26.3. The molecule has 0 radical (unpaired) electrons. The standard InChI is InChI=1S/C21H25N5O3S/c1-14-13-29-8-7-26(14)19-10-18(21(2)5-3-9-30(21,27)28)24-20(25-19)16-11-22-12-17-15(16)4-6-23-17/h4,6,10-12,14,23H,3,5,7-9,13H2,1-2H3/t14-,21-/m1/s1. The molecule has 0 amide bonds. The fourth-order valence-electron chi connectivity index (χ4n) is 4.47. The van der Waals surface area contributed by atoms with Crippen LogP contribution in [0.25, 0.3) is 22.3 Å². The SMILES string of the molecule is C[C@@H]1COCCN1c1cc([C@@]2(C)CCCS2(=O)=O)nc(-c2cncc3[nH]ccc23)n1. The van der Waals surface area contributed by atoms with Crippen LogP contribution < -0.4 is 4.90 Å². The first-order valence-electron chi connectivity index (χ1n) is 10.3. The number of sulfone groups is 1. The largest absolute Gasteiger partial charge is 0.377 e. The summed E-state index contributed by atoms with van der Waals surface area (Å²) in [6, 6.07) is 3.97. The Morgan fingerprint density at radius 1 is 1.30 bits per heavy atom. The van der Waals surface area contributed by atoms with E-state index < -0.39 is 14.6 Å². The number of hydrogen-bond acceptors (Lipinski definition) is 7. The second kappa shape index (κ2) is 7.02. The van der Waals surface area contributed by atoms with E-state index in [9.17, 15) is 8.42 Å². The summed E-state index contributed by atoms with van der Waals surface area (Å²) in [7, 11) is -3.29. The molecule has 0 saturated carbocycles. The predicted octanol–water partition coefficient (Wildman–Crippen LogP) is 2.67. The third-order valence-electron chi connectivity index (χ3n) is 6.39. The molecule has 3 aromatic rings. The molecule has 2 fully saturated rings. The summed E-state index contributed by atoms with van der Waals surface area (Å²) in [6.45, 7) is 5.81. The van der Waals surface area contributed by atoms with E-state index in [1.165, 1.54) is 0 Å². The summed E-state index contributed by atoms with van der Waals surface area (Å²) in [5, 5.41) is 0.961. The lowest BCUT2D eigenvalue weighted by Gasteiger charge is -2.35. The first-order valence-corrected chi connectivity index (χ1v) is 11.9. The summed E-state index contributed by atoms with van der Waals surface area (Å²) in [4.78, 5) is 19.3. The minimum atomic E-state index is -3.29. The van der Waals surface area contributed by atoms with Crippen LogP contribution in [0.1, 0.15) is 32.4 Å². The van der Waals surface area contributed by atoms with Gasteiger partial charge in [0.1, 0.15) is 10.6 Å². The average Bonchev–Trinajstić information content (AvgIpc) is 3.32. The van der Waals surface area contributed by atoms with Gasteiger partial charge in [-0.3, -0.25) is 4.98 Å². The number of anilines is 1. The zero-order valence-corrected chi connectivity index (χ0v) is 17.9. The van der Waals surface area contributed by atoms with Crippen molar-refractivity contribution in [2.24, 2.45) is 0 Å². The lowest BCUT2D eigenvalue weighted by molar-refractivity contribution is 0.0985. The number of aromatic amines is 1. The Bertz CT molecular complexity index is 1210. The van der Waals surface area contributed by atoms with Crippen LogP contribution in [0.5, 0.6) is 0 Å². The molecule has 9 heteroatoms. The van der Waals surface area contributed by atoms with E-state index in [2.05, 4.69) is 21.8 Å². The molecule has 0 aliphatic carbocycles. The van der Waals surface area contributed by atoms with Crippen LogP contribution in [0.4, 0.5) is 5.82 Å². The highest BCUT2D eigenvalue weighted by molar-refractivity contribution is 7.92. The van der Waals surface area contributed by atoms with Gasteiger partial charge < -0.3 is 14.6 Å². The fraction of sp³-hybridized carbons (Fsp3) is 0.476. The molecule has 5 rings (SSSR count). The molecular formula is C21H25N5O3S. The Morgan fingerprint density at radius 3 is 2.93 bits per heavy atom. The molecule has 0 aromatic carbocycles. The minimum absolute atomic E-state index is 0.142. The number of nitrogens with one attached hydrogen (secondary N) is 1. The van der Waals surface area contributed by atoms with Crippen molar-refractivity contribution < 1.29 is 13.2 Å². The fourth-order valence-corrected chi connectivity index (χ4v) is 6.32. The number of pyridine rings is 1. The van der Waals surface area contributed by atoms with Crippen LogP contribution in [-0.4, -0.2) is 59.9 Å². The van der Waals surface area contributed by atoms with Crippen molar-refractivity contribution >= 4 is 26.6 Å². The van der Waals surface area contributed by atoms with Gasteiger partial charge in [-0.05, 0) is 32.8 Å². The van der Waals surface area contributed by atoms with Gasteiger partial charge in [-0.25, -0.2) is 18.4 Å². The Morgan fingerprint density at radius 2 is 2.17 bits per heavy atom. The van der Waals surface area contributed by atoms with E-state index in [4.69, 9.17) is 14.7 Å². The van der Waals surface area contributed by atoms with Crippen LogP contribution in [-0.2, 0) is 19.3 Å². The number of fused-ring (bicyclic) bond motifs is 1. The number of morpholine rings is 1. The summed E-state index contributed by atoms with van der Waals surface area (Å²) in [6.07, 6.45) is 6.57. The highest BCUT2D eigenvalue weighted by Gasteiger charge is 2.46. The first kappa shape index (κ1) is 19.4. The molecule has 2 aliphatic rings. The van der Waals surface area contributed by atoms with E-state index in [0.29, 0.717) is 44.1 Å². The van der Waals surface area contributed by atoms with Gasteiger partial charge in [-0.2, -0.15) is 0 Å². The van der Waals surface area contributed by atoms with Gasteiger partial charge in [0, 0.05) is 36.0 Å². The topological polar surface area (TPSA) is 101 Å². The molecule has 2 atom stereocenters. The second-order valence-electron chi connectivity index (χ2n) is 8.33. The van der Waals surface area contributed by atoms with Crippen molar-refractivity contribution in [2.45, 2.75) is 37.5 Å². The molecule has 0 spiro atoms. The third kappa shape index (κ3) is 2.99. The maximum atomic E-state index is 12.9. The second-order valence-corrected chi connectivity index (χ2v) is 10.9. The van der Waals surface area contributed by atoms with Gasteiger partial charge in [0.05, 0.1) is 42.4 Å². The zero-order valence-electron chi connectivity index (χ0n) is 17.1. The van der Waals surface area contributed by atoms with Crippen molar-refractivity contribution in [3.8, 4) is 11.4 Å². The van der Waals surface area contributed by atoms with E-state index in [1.54, 1.807) is 19.3 Å². The number of aromatic nitrogens is 4. The van der Waals surface area contributed by atoms with E-state index in [-0.39, 0.29) is 11.8 Å². The van der Waals surface area contributed by atoms with Crippen molar-refractivity contribution in [1.29, 1.82) is 0 Å². The molecule has 0 unspecified atom stereocenters. The monoisotopic (exact) mass is 427 g/mol. The van der Waals surface area contributed by atoms with E-state index in [1.807, 2.05) is 18.3 Å². The third-order valence-corrected chi connectivity index (χ3v) is 9.00. The van der Waals surface area contributed by atoms with Crippen LogP contribution in [0.3, 0.4) is 0 Å². The van der Waals surface area contributed by atoms with Crippen LogP contribution in [0.2, 0.25) is 0 Å². The van der Waals surface area contributed by atoms with Crippen molar-refractivity contribution in [1.82, 2.24) is 19.9 Å². The Hall–Kier alpha value is -2.52. The van der Waals surface area contributed by atoms with Gasteiger partial charge in [0.2, 0.25) is 0 Å². The highest BCUT2D eigenvalue weighted by Crippen LogP contribution is 2.42. The van der Waals surface area contributed by atoms with Gasteiger partial charge >= 0.3 is 0 Å². The molecule has 1 N–H and O–H groups in total. The quantitative estimate of drug-likeness (QED) is 0.686. The number of rotatable bonds is 3. The van der Waals surface area contributed by atoms with Crippen LogP contribution in [0, 0.1) is 0 Å². The lowest BCUT2D eigenvalue weighted by atomic mass is 10.0. The van der Waals surface area contributed by atoms with E-state index in [0.717, 1.165) is 22.3 Å². The number of ether oxygens (including phenoxy) is 1. The average molecular weight is 428 g/mol. The summed E-state index contributed by atoms with van der Waals surface area (Å²) in [5.74, 6) is 1.44. The predicted molar refractivity (Wildman–Crippen MR) is 115 cm³/mol. The summed E-state index contributed by atoms with van der Waals surface area (Å²) >= 11 is 0. The molecule has 8 nitrogen and oxygen atoms in total. The van der Waals surface area contributed by atoms with Gasteiger partial charge in [-0.1, -0.05) is 0 Å². The molecule has 158 valence electrons. The highest BCUT2D eigenvalue weighted by atomic mass is 32.2. The summed E-state index contributed by atoms with van der Waals surface area (Å²) < 4.78 is 30.5. The van der Waals surface area contributed by atoms with Crippen molar-refractivity contribution in [3.63, 3.8) is 0 Å². The minimum Gasteiger partial charge on any atom is -0.377 e. The van der Waals surface area contributed by atoms with Crippen molar-refractivity contribution in [2.75, 3.05) is 30.4 Å². The zero-order chi connectivity index (χ0) is 20.9. The first-order chi connectivity index (χ1) is 14.4. The smallest absolute Gasteiger partial charge is 0.164 e. The molecule has 30 heavy (non-hydrogen) atoms. The van der Waals surface area contributed by atoms with E-state index >= 15 is 0 Å². The molecule has 0 bridgehead atoms. The molecule has 2 aliphatic heterocycles. The summed E-state index contributed by atoms with van der Waals surface area (Å²) in [5.41, 5.74) is 2.24. The number of H-pyrrole nitrogens is 1. The Balaban J connectivity index is 1.73. The van der Waals surface area contributed by atoms with Crippen molar-refractivity contribution in [3.05, 3.63) is 36.4 Å². The van der Waals surface area contributed by atoms with Gasteiger partial charge in [0.25, 0.3) is 0 Å². The lowest BCUT2D eigenvalue weighted by Crippen LogP contribution is -2.44. The Labute approximate surface area is 175 Å². The van der Waals surface area contributed by atoms with Crippen LogP contribution >= 0.6 is 0 Å². The number of hydrogen-bond donors (Lipinski definition) is 1. The Kier molecular flexibility index (Phi) is 4.55. The molecule has 2 saturated heterocycles. The molecule has 5 heterocycles. The maximum Gasteiger partial charge on any atom is 0.164 e. The molecular weight excluding hydrogens is 402 g/mol. The maximum absolute atomic E-state index is 12.9. The van der Waals surface area contributed by atoms with Gasteiger partial charge in [-0.15, -0.1) is 0 Å². The molecule has 3 aromatic heterocycles. The van der Waals surface area contributed by atoms with Gasteiger partial charge in [0.15, 0.2) is 15.7 Å². The number of nitrogens with zero attached hydrogens (tertiary/aromatic N) is 4. The van der Waals surface area contributed by atoms with Crippen LogP contribution in [0.15, 0.2) is 30.7 Å².